The van der Waals surface area contributed by atoms with E-state index in [0.717, 1.165) is 12.8 Å². The summed E-state index contributed by atoms with van der Waals surface area (Å²) in [6.07, 6.45) is 1.49. The zero-order chi connectivity index (χ0) is 21.6. The van der Waals surface area contributed by atoms with Crippen LogP contribution in [-0.2, 0) is 9.47 Å². The second kappa shape index (κ2) is 10.0. The van der Waals surface area contributed by atoms with Gasteiger partial charge in [0.05, 0.1) is 18.8 Å². The maximum absolute atomic E-state index is 13.7. The highest BCUT2D eigenvalue weighted by Gasteiger charge is 2.30. The maximum Gasteiger partial charge on any atom is 0.254 e. The Kier molecular flexibility index (Phi) is 6.94. The molecule has 2 unspecified atom stereocenters. The second-order valence-corrected chi connectivity index (χ2v) is 7.97. The molecule has 0 saturated carbocycles. The molecule has 0 aliphatic carbocycles. The first-order valence-electron chi connectivity index (χ1n) is 10.7. The Balaban J connectivity index is 1.46. The van der Waals surface area contributed by atoms with Crippen LogP contribution in [0.4, 0.5) is 4.39 Å². The molecule has 0 aromatic heterocycles. The van der Waals surface area contributed by atoms with Gasteiger partial charge in [-0.05, 0) is 43.2 Å². The third-order valence-electron chi connectivity index (χ3n) is 5.68. The van der Waals surface area contributed by atoms with Crippen molar-refractivity contribution in [1.82, 2.24) is 9.80 Å². The molecule has 2 heterocycles. The summed E-state index contributed by atoms with van der Waals surface area (Å²) in [4.78, 5) is 29.4. The molecule has 2 aromatic rings. The van der Waals surface area contributed by atoms with E-state index in [1.807, 2.05) is 18.2 Å². The third-order valence-corrected chi connectivity index (χ3v) is 5.68. The summed E-state index contributed by atoms with van der Waals surface area (Å²) in [5.74, 6) is -0.752. The van der Waals surface area contributed by atoms with Crippen LogP contribution in [0.5, 0.6) is 0 Å². The van der Waals surface area contributed by atoms with Crippen molar-refractivity contribution >= 4 is 11.8 Å². The molecule has 0 bridgehead atoms. The summed E-state index contributed by atoms with van der Waals surface area (Å²) in [7, 11) is 0. The lowest BCUT2D eigenvalue weighted by Gasteiger charge is -2.36. The average Bonchev–Trinajstić information content (AvgIpc) is 3.31. The van der Waals surface area contributed by atoms with Crippen molar-refractivity contribution in [3.05, 3.63) is 71.5 Å². The Hall–Kier alpha value is -2.77. The molecule has 2 fully saturated rings. The number of hydrogen-bond donors (Lipinski definition) is 0. The van der Waals surface area contributed by atoms with Crippen LogP contribution in [0.1, 0.15) is 33.6 Å². The van der Waals surface area contributed by atoms with Crippen LogP contribution < -0.4 is 0 Å². The quantitative estimate of drug-likeness (QED) is 0.713. The predicted molar refractivity (Wildman–Crippen MR) is 113 cm³/mol. The van der Waals surface area contributed by atoms with Crippen LogP contribution in [-0.4, -0.2) is 73.2 Å². The molecule has 164 valence electrons. The van der Waals surface area contributed by atoms with Crippen molar-refractivity contribution in [3.63, 3.8) is 0 Å². The molecule has 0 spiro atoms. The molecule has 2 atom stereocenters. The zero-order valence-corrected chi connectivity index (χ0v) is 17.4. The van der Waals surface area contributed by atoms with Crippen LogP contribution in [0.2, 0.25) is 0 Å². The van der Waals surface area contributed by atoms with Gasteiger partial charge in [0.15, 0.2) is 0 Å². The molecule has 2 saturated heterocycles. The Morgan fingerprint density at radius 3 is 2.45 bits per heavy atom. The summed E-state index contributed by atoms with van der Waals surface area (Å²) < 4.78 is 25.3. The van der Waals surface area contributed by atoms with Crippen molar-refractivity contribution in [1.29, 1.82) is 0 Å². The van der Waals surface area contributed by atoms with Crippen molar-refractivity contribution in [2.45, 2.75) is 25.0 Å². The van der Waals surface area contributed by atoms with Crippen molar-refractivity contribution in [2.75, 3.05) is 39.4 Å². The van der Waals surface area contributed by atoms with Crippen molar-refractivity contribution in [2.24, 2.45) is 0 Å². The molecule has 0 N–H and O–H groups in total. The number of amides is 2. The molecule has 7 heteroatoms. The number of benzene rings is 2. The smallest absolute Gasteiger partial charge is 0.254 e. The average molecular weight is 426 g/mol. The summed E-state index contributed by atoms with van der Waals surface area (Å²) in [5.41, 5.74) is 0.932. The second-order valence-electron chi connectivity index (χ2n) is 7.97. The highest BCUT2D eigenvalue weighted by Crippen LogP contribution is 2.18. The molecule has 2 amide bonds. The molecule has 6 nitrogen and oxygen atoms in total. The van der Waals surface area contributed by atoms with E-state index >= 15 is 0 Å². The van der Waals surface area contributed by atoms with Gasteiger partial charge in [-0.15, -0.1) is 0 Å². The molecular formula is C24H27FN2O4. The van der Waals surface area contributed by atoms with Gasteiger partial charge in [0.2, 0.25) is 0 Å². The maximum atomic E-state index is 13.7. The van der Waals surface area contributed by atoms with Gasteiger partial charge in [-0.2, -0.15) is 0 Å². The monoisotopic (exact) mass is 426 g/mol. The van der Waals surface area contributed by atoms with Gasteiger partial charge in [-0.25, -0.2) is 4.39 Å². The van der Waals surface area contributed by atoms with E-state index < -0.39 is 5.82 Å². The number of morpholine rings is 1. The highest BCUT2D eigenvalue weighted by atomic mass is 19.1. The van der Waals surface area contributed by atoms with Crippen LogP contribution in [0.15, 0.2) is 54.6 Å². The van der Waals surface area contributed by atoms with Gasteiger partial charge in [-0.1, -0.05) is 24.3 Å². The number of halogens is 1. The van der Waals surface area contributed by atoms with Gasteiger partial charge >= 0.3 is 0 Å². The lowest BCUT2D eigenvalue weighted by Crippen LogP contribution is -2.51. The Morgan fingerprint density at radius 1 is 0.968 bits per heavy atom. The summed E-state index contributed by atoms with van der Waals surface area (Å²) >= 11 is 0. The summed E-state index contributed by atoms with van der Waals surface area (Å²) in [5, 5.41) is 0. The summed E-state index contributed by atoms with van der Waals surface area (Å²) in [6.45, 7) is 2.73. The van der Waals surface area contributed by atoms with Crippen LogP contribution in [0.3, 0.4) is 0 Å². The first-order chi connectivity index (χ1) is 15.1. The molecule has 2 aromatic carbocycles. The van der Waals surface area contributed by atoms with Crippen LogP contribution >= 0.6 is 0 Å². The topological polar surface area (TPSA) is 59.1 Å². The number of ether oxygens (including phenoxy) is 2. The number of carbonyl (C=O) groups is 2. The van der Waals surface area contributed by atoms with E-state index in [4.69, 9.17) is 9.47 Å². The lowest BCUT2D eigenvalue weighted by molar-refractivity contribution is -0.0375. The first kappa shape index (κ1) is 21.5. The number of carbonyl (C=O) groups excluding carboxylic acids is 2. The normalized spacial score (nSPS) is 21.1. The lowest BCUT2D eigenvalue weighted by atomic mass is 10.1. The Morgan fingerprint density at radius 2 is 1.71 bits per heavy atom. The van der Waals surface area contributed by atoms with Gasteiger partial charge in [-0.3, -0.25) is 9.59 Å². The minimum absolute atomic E-state index is 0.0387. The van der Waals surface area contributed by atoms with E-state index in [2.05, 4.69) is 0 Å². The van der Waals surface area contributed by atoms with Crippen molar-refractivity contribution in [3.8, 4) is 0 Å². The standard InChI is InChI=1S/C24H27FN2O4/c25-20-9-4-8-19(14-20)24(29)27(15-21-10-5-12-30-21)17-22-16-26(11-13-31-22)23(28)18-6-2-1-3-7-18/h1-4,6-9,14,21-22H,5,10-13,15-17H2. The fourth-order valence-corrected chi connectivity index (χ4v) is 4.10. The third kappa shape index (κ3) is 5.48. The van der Waals surface area contributed by atoms with E-state index in [9.17, 15) is 14.0 Å². The molecule has 4 rings (SSSR count). The molecular weight excluding hydrogens is 399 g/mol. The first-order valence-corrected chi connectivity index (χ1v) is 10.7. The fourth-order valence-electron chi connectivity index (χ4n) is 4.10. The van der Waals surface area contributed by atoms with Gasteiger partial charge in [0, 0.05) is 43.9 Å². The van der Waals surface area contributed by atoms with Gasteiger partial charge in [0.25, 0.3) is 11.8 Å². The number of nitrogens with zero attached hydrogens (tertiary/aromatic N) is 2. The summed E-state index contributed by atoms with van der Waals surface area (Å²) in [6, 6.07) is 14.9. The van der Waals surface area contributed by atoms with Crippen molar-refractivity contribution < 1.29 is 23.5 Å². The minimum Gasteiger partial charge on any atom is -0.376 e. The number of rotatable bonds is 6. The van der Waals surface area contributed by atoms with Crippen LogP contribution in [0.25, 0.3) is 0 Å². The van der Waals surface area contributed by atoms with Crippen LogP contribution in [0, 0.1) is 5.82 Å². The minimum atomic E-state index is -0.448. The molecule has 2 aliphatic heterocycles. The van der Waals surface area contributed by atoms with Gasteiger partial charge in [0.1, 0.15) is 5.82 Å². The largest absolute Gasteiger partial charge is 0.376 e. The Bertz CT molecular complexity index is 901. The SMILES string of the molecule is O=C(c1ccccc1)N1CCOC(CN(CC2CCCO2)C(=O)c2cccc(F)c2)C1. The number of hydrogen-bond acceptors (Lipinski definition) is 4. The zero-order valence-electron chi connectivity index (χ0n) is 17.4. The predicted octanol–water partition coefficient (Wildman–Crippen LogP) is 2.99. The molecule has 0 radical (unpaired) electrons. The van der Waals surface area contributed by atoms with E-state index in [1.54, 1.807) is 28.0 Å². The Labute approximate surface area is 181 Å². The fraction of sp³-hybridized carbons (Fsp3) is 0.417. The van der Waals surface area contributed by atoms with E-state index in [0.29, 0.717) is 50.5 Å². The highest BCUT2D eigenvalue weighted by molar-refractivity contribution is 5.95. The van der Waals surface area contributed by atoms with E-state index in [1.165, 1.54) is 18.2 Å². The molecule has 2 aliphatic rings. The van der Waals surface area contributed by atoms with E-state index in [-0.39, 0.29) is 24.0 Å². The molecule has 31 heavy (non-hydrogen) atoms. The van der Waals surface area contributed by atoms with Gasteiger partial charge < -0.3 is 19.3 Å².